The van der Waals surface area contributed by atoms with Gasteiger partial charge in [-0.15, -0.1) is 6.58 Å². The third-order valence-corrected chi connectivity index (χ3v) is 4.19. The van der Waals surface area contributed by atoms with Crippen molar-refractivity contribution in [3.05, 3.63) is 40.7 Å². The molecule has 0 radical (unpaired) electrons. The lowest BCUT2D eigenvalue weighted by Gasteiger charge is -2.16. The SMILES string of the molecule is C=CCn1c(=O)c(C(=O)NCC[NH+](C)C)c(O)c2cc(OC)c(OC)cc21. The maximum atomic E-state index is 12.9. The van der Waals surface area contributed by atoms with E-state index in [9.17, 15) is 14.7 Å². The van der Waals surface area contributed by atoms with Gasteiger partial charge in [-0.25, -0.2) is 0 Å². The van der Waals surface area contributed by atoms with Gasteiger partial charge < -0.3 is 29.4 Å². The monoisotopic (exact) mass is 376 g/mol. The number of aromatic hydroxyl groups is 1. The highest BCUT2D eigenvalue weighted by Gasteiger charge is 2.23. The zero-order valence-corrected chi connectivity index (χ0v) is 16.1. The second-order valence-electron chi connectivity index (χ2n) is 6.37. The molecular formula is C19H26N3O5+. The van der Waals surface area contributed by atoms with Gasteiger partial charge in [-0.1, -0.05) is 6.08 Å². The fourth-order valence-electron chi connectivity index (χ4n) is 2.79. The molecule has 0 fully saturated rings. The molecule has 0 aliphatic heterocycles. The number of fused-ring (bicyclic) bond motifs is 1. The number of rotatable bonds is 8. The van der Waals surface area contributed by atoms with Crippen LogP contribution in [0.5, 0.6) is 17.2 Å². The van der Waals surface area contributed by atoms with Crippen LogP contribution in [-0.4, -0.2) is 57.0 Å². The summed E-state index contributed by atoms with van der Waals surface area (Å²) in [5.74, 6) is -0.210. The summed E-state index contributed by atoms with van der Waals surface area (Å²) in [6.07, 6.45) is 1.55. The molecule has 2 aromatic rings. The highest BCUT2D eigenvalue weighted by atomic mass is 16.5. The summed E-state index contributed by atoms with van der Waals surface area (Å²) in [4.78, 5) is 26.6. The third kappa shape index (κ3) is 4.06. The number of ether oxygens (including phenoxy) is 2. The quantitative estimate of drug-likeness (QED) is 0.554. The predicted octanol–water partition coefficient (Wildman–Crippen LogP) is -0.215. The van der Waals surface area contributed by atoms with Crippen molar-refractivity contribution in [3.8, 4) is 17.2 Å². The number of quaternary nitrogens is 1. The summed E-state index contributed by atoms with van der Waals surface area (Å²) in [6, 6.07) is 3.14. The second kappa shape index (κ2) is 8.59. The molecule has 8 nitrogen and oxygen atoms in total. The Hall–Kier alpha value is -3.00. The normalized spacial score (nSPS) is 10.9. The Morgan fingerprint density at radius 1 is 1.30 bits per heavy atom. The van der Waals surface area contributed by atoms with E-state index in [0.29, 0.717) is 35.5 Å². The largest absolute Gasteiger partial charge is 0.506 e. The number of carbonyl (C=O) groups is 1. The minimum atomic E-state index is -0.617. The highest BCUT2D eigenvalue weighted by Crippen LogP contribution is 2.36. The number of carbonyl (C=O) groups excluding carboxylic acids is 1. The molecule has 0 aliphatic carbocycles. The van der Waals surface area contributed by atoms with E-state index in [1.165, 1.54) is 18.8 Å². The van der Waals surface area contributed by atoms with Gasteiger partial charge in [0.1, 0.15) is 11.3 Å². The Balaban J connectivity index is 2.69. The van der Waals surface area contributed by atoms with Crippen LogP contribution in [0.2, 0.25) is 0 Å². The molecule has 27 heavy (non-hydrogen) atoms. The summed E-state index contributed by atoms with van der Waals surface area (Å²) in [5.41, 5.74) is -0.475. The van der Waals surface area contributed by atoms with Crippen LogP contribution >= 0.6 is 0 Å². The first-order valence-corrected chi connectivity index (χ1v) is 8.55. The fraction of sp³-hybridized carbons (Fsp3) is 0.368. The highest BCUT2D eigenvalue weighted by molar-refractivity contribution is 6.03. The van der Waals surface area contributed by atoms with Gasteiger partial charge in [-0.3, -0.25) is 9.59 Å². The number of aromatic nitrogens is 1. The average Bonchev–Trinajstić information content (AvgIpc) is 2.63. The molecule has 0 spiro atoms. The number of benzene rings is 1. The summed E-state index contributed by atoms with van der Waals surface area (Å²) in [7, 11) is 6.86. The van der Waals surface area contributed by atoms with E-state index in [1.807, 2.05) is 14.1 Å². The molecule has 3 N–H and O–H groups in total. The van der Waals surface area contributed by atoms with Gasteiger partial charge in [-0.05, 0) is 6.07 Å². The van der Waals surface area contributed by atoms with Crippen LogP contribution in [0, 0.1) is 0 Å². The van der Waals surface area contributed by atoms with Crippen LogP contribution in [0.4, 0.5) is 0 Å². The van der Waals surface area contributed by atoms with Crippen LogP contribution < -0.4 is 25.2 Å². The van der Waals surface area contributed by atoms with Crippen molar-refractivity contribution in [1.82, 2.24) is 9.88 Å². The predicted molar refractivity (Wildman–Crippen MR) is 103 cm³/mol. The van der Waals surface area contributed by atoms with Crippen molar-refractivity contribution in [2.45, 2.75) is 6.54 Å². The average molecular weight is 376 g/mol. The lowest BCUT2D eigenvalue weighted by atomic mass is 10.1. The molecule has 2 rings (SSSR count). The zero-order chi connectivity index (χ0) is 20.1. The first-order chi connectivity index (χ1) is 12.8. The number of nitrogens with one attached hydrogen (secondary N) is 2. The van der Waals surface area contributed by atoms with Crippen LogP contribution in [-0.2, 0) is 6.54 Å². The van der Waals surface area contributed by atoms with Gasteiger partial charge in [0.25, 0.3) is 11.5 Å². The van der Waals surface area contributed by atoms with Gasteiger partial charge in [0.15, 0.2) is 11.5 Å². The molecule has 0 saturated carbocycles. The first kappa shape index (κ1) is 20.3. The third-order valence-electron chi connectivity index (χ3n) is 4.19. The Labute approximate surface area is 157 Å². The minimum absolute atomic E-state index is 0.174. The molecule has 0 bridgehead atoms. The summed E-state index contributed by atoms with van der Waals surface area (Å²) in [5, 5.41) is 13.7. The molecule has 0 saturated heterocycles. The fourth-order valence-corrected chi connectivity index (χ4v) is 2.79. The molecular weight excluding hydrogens is 350 g/mol. The Morgan fingerprint density at radius 3 is 2.48 bits per heavy atom. The molecule has 1 amide bonds. The summed E-state index contributed by atoms with van der Waals surface area (Å²) >= 11 is 0. The van der Waals surface area contributed by atoms with E-state index < -0.39 is 11.5 Å². The van der Waals surface area contributed by atoms with Gasteiger partial charge in [0.2, 0.25) is 0 Å². The number of allylic oxidation sites excluding steroid dienone is 1. The van der Waals surface area contributed by atoms with E-state index in [0.717, 1.165) is 4.90 Å². The molecule has 8 heteroatoms. The Kier molecular flexibility index (Phi) is 6.46. The van der Waals surface area contributed by atoms with Crippen molar-refractivity contribution in [2.24, 2.45) is 0 Å². The van der Waals surface area contributed by atoms with Crippen LogP contribution in [0.15, 0.2) is 29.6 Å². The van der Waals surface area contributed by atoms with E-state index in [4.69, 9.17) is 9.47 Å². The molecule has 0 aliphatic rings. The standard InChI is InChI=1S/C19H25N3O5/c1-6-8-22-13-11-15(27-5)14(26-4)10-12(13)17(23)16(19(22)25)18(24)20-7-9-21(2)3/h6,10-11,23H,1,7-9H2,2-5H3,(H,20,24)/p+1. The molecule has 1 heterocycles. The van der Waals surface area contributed by atoms with Gasteiger partial charge in [-0.2, -0.15) is 0 Å². The summed E-state index contributed by atoms with van der Waals surface area (Å²) in [6.45, 7) is 4.91. The van der Waals surface area contributed by atoms with Gasteiger partial charge >= 0.3 is 0 Å². The number of amides is 1. The summed E-state index contributed by atoms with van der Waals surface area (Å²) < 4.78 is 11.9. The van der Waals surface area contributed by atoms with E-state index in [1.54, 1.807) is 18.2 Å². The topological polar surface area (TPSA) is 94.2 Å². The Morgan fingerprint density at radius 2 is 1.93 bits per heavy atom. The Bertz CT molecular complexity index is 918. The van der Waals surface area contributed by atoms with Gasteiger partial charge in [0, 0.05) is 18.0 Å². The first-order valence-electron chi connectivity index (χ1n) is 8.55. The lowest BCUT2D eigenvalue weighted by Crippen LogP contribution is -3.06. The number of hydrogen-bond acceptors (Lipinski definition) is 5. The smallest absolute Gasteiger partial charge is 0.268 e. The molecule has 0 unspecified atom stereocenters. The van der Waals surface area contributed by atoms with Crippen molar-refractivity contribution >= 4 is 16.8 Å². The lowest BCUT2D eigenvalue weighted by molar-refractivity contribution is -0.856. The van der Waals surface area contributed by atoms with Crippen molar-refractivity contribution in [3.63, 3.8) is 0 Å². The van der Waals surface area contributed by atoms with Crippen LogP contribution in [0.25, 0.3) is 10.9 Å². The maximum Gasteiger partial charge on any atom is 0.268 e. The van der Waals surface area contributed by atoms with Crippen LogP contribution in [0.1, 0.15) is 10.4 Å². The minimum Gasteiger partial charge on any atom is -0.506 e. The maximum absolute atomic E-state index is 12.9. The van der Waals surface area contributed by atoms with Crippen molar-refractivity contribution < 1.29 is 24.3 Å². The van der Waals surface area contributed by atoms with E-state index in [2.05, 4.69) is 11.9 Å². The number of hydrogen-bond donors (Lipinski definition) is 3. The van der Waals surface area contributed by atoms with Gasteiger partial charge in [0.05, 0.1) is 46.9 Å². The zero-order valence-electron chi connectivity index (χ0n) is 16.1. The van der Waals surface area contributed by atoms with E-state index >= 15 is 0 Å². The van der Waals surface area contributed by atoms with Crippen molar-refractivity contribution in [2.75, 3.05) is 41.4 Å². The number of likely N-dealkylation sites (N-methyl/N-ethyl adjacent to an activating group) is 1. The number of nitrogens with zero attached hydrogens (tertiary/aromatic N) is 1. The molecule has 1 aromatic heterocycles. The number of methoxy groups -OCH3 is 2. The molecule has 146 valence electrons. The molecule has 1 aromatic carbocycles. The van der Waals surface area contributed by atoms with Crippen LogP contribution in [0.3, 0.4) is 0 Å². The van der Waals surface area contributed by atoms with Crippen molar-refractivity contribution in [1.29, 1.82) is 0 Å². The van der Waals surface area contributed by atoms with E-state index in [-0.39, 0.29) is 17.9 Å². The number of pyridine rings is 1. The second-order valence-corrected chi connectivity index (χ2v) is 6.37. The molecule has 0 atom stereocenters.